The summed E-state index contributed by atoms with van der Waals surface area (Å²) in [5.41, 5.74) is 2.42. The van der Waals surface area contributed by atoms with Crippen LogP contribution in [-0.2, 0) is 4.79 Å². The molecule has 0 saturated carbocycles. The van der Waals surface area contributed by atoms with Crippen LogP contribution < -0.4 is 21.9 Å². The first kappa shape index (κ1) is 12.2. The molecular formula is C10H14N6O2. The van der Waals surface area contributed by atoms with Crippen molar-refractivity contribution in [1.29, 1.82) is 0 Å². The van der Waals surface area contributed by atoms with E-state index in [0.29, 0.717) is 13.0 Å². The van der Waals surface area contributed by atoms with Gasteiger partial charge in [-0.1, -0.05) is 0 Å². The van der Waals surface area contributed by atoms with Gasteiger partial charge in [0.05, 0.1) is 12.4 Å². The van der Waals surface area contributed by atoms with Crippen molar-refractivity contribution in [3.05, 3.63) is 18.1 Å². The van der Waals surface area contributed by atoms with Crippen molar-refractivity contribution in [2.75, 3.05) is 12.0 Å². The van der Waals surface area contributed by atoms with Crippen LogP contribution in [0.25, 0.3) is 0 Å². The molecule has 1 aliphatic rings. The van der Waals surface area contributed by atoms with Gasteiger partial charge in [-0.2, -0.15) is 0 Å². The van der Waals surface area contributed by atoms with E-state index in [9.17, 15) is 9.59 Å². The van der Waals surface area contributed by atoms with Gasteiger partial charge in [0, 0.05) is 6.54 Å². The SMILES string of the molecule is NNc1cncc(C(=O)NC2CCCNC2=O)n1. The monoisotopic (exact) mass is 250 g/mol. The highest BCUT2D eigenvalue weighted by Crippen LogP contribution is 2.05. The fraction of sp³-hybridized carbons (Fsp3) is 0.400. The third-order valence-electron chi connectivity index (χ3n) is 2.61. The second kappa shape index (κ2) is 5.41. The number of nitrogens with one attached hydrogen (secondary N) is 3. The first-order valence-corrected chi connectivity index (χ1v) is 5.58. The number of hydrazine groups is 1. The van der Waals surface area contributed by atoms with Crippen LogP contribution in [0.2, 0.25) is 0 Å². The summed E-state index contributed by atoms with van der Waals surface area (Å²) >= 11 is 0. The summed E-state index contributed by atoms with van der Waals surface area (Å²) in [6.07, 6.45) is 4.17. The molecule has 0 radical (unpaired) electrons. The van der Waals surface area contributed by atoms with E-state index in [-0.39, 0.29) is 17.4 Å². The van der Waals surface area contributed by atoms with E-state index in [2.05, 4.69) is 26.0 Å². The van der Waals surface area contributed by atoms with Gasteiger partial charge in [-0.25, -0.2) is 10.8 Å². The van der Waals surface area contributed by atoms with Gasteiger partial charge in [-0.15, -0.1) is 0 Å². The maximum Gasteiger partial charge on any atom is 0.272 e. The van der Waals surface area contributed by atoms with E-state index in [1.165, 1.54) is 12.4 Å². The number of rotatable bonds is 3. The minimum absolute atomic E-state index is 0.115. The fourth-order valence-electron chi connectivity index (χ4n) is 1.69. The molecular weight excluding hydrogens is 236 g/mol. The Hall–Kier alpha value is -2.22. The molecule has 0 bridgehead atoms. The van der Waals surface area contributed by atoms with Crippen molar-refractivity contribution in [3.8, 4) is 0 Å². The maximum absolute atomic E-state index is 11.9. The number of hydrogen-bond acceptors (Lipinski definition) is 6. The summed E-state index contributed by atoms with van der Waals surface area (Å²) in [4.78, 5) is 31.1. The van der Waals surface area contributed by atoms with E-state index in [4.69, 9.17) is 5.84 Å². The number of hydrogen-bond donors (Lipinski definition) is 4. The first-order valence-electron chi connectivity index (χ1n) is 5.58. The third kappa shape index (κ3) is 2.72. The molecule has 0 aliphatic carbocycles. The Labute approximate surface area is 103 Å². The zero-order valence-electron chi connectivity index (χ0n) is 9.64. The van der Waals surface area contributed by atoms with Gasteiger partial charge in [0.1, 0.15) is 11.7 Å². The number of nitrogens with zero attached hydrogens (tertiary/aromatic N) is 2. The van der Waals surface area contributed by atoms with E-state index in [1.807, 2.05) is 0 Å². The van der Waals surface area contributed by atoms with Crippen LogP contribution in [0.1, 0.15) is 23.3 Å². The van der Waals surface area contributed by atoms with Gasteiger partial charge in [0.15, 0.2) is 5.82 Å². The summed E-state index contributed by atoms with van der Waals surface area (Å²) in [5, 5.41) is 5.30. The number of amides is 2. The van der Waals surface area contributed by atoms with Gasteiger partial charge < -0.3 is 16.1 Å². The van der Waals surface area contributed by atoms with Gasteiger partial charge >= 0.3 is 0 Å². The molecule has 8 nitrogen and oxygen atoms in total. The zero-order valence-corrected chi connectivity index (χ0v) is 9.64. The molecule has 0 aromatic carbocycles. The lowest BCUT2D eigenvalue weighted by molar-refractivity contribution is -0.124. The molecule has 96 valence electrons. The second-order valence-electron chi connectivity index (χ2n) is 3.89. The molecule has 1 aliphatic heterocycles. The van der Waals surface area contributed by atoms with Crippen molar-refractivity contribution in [1.82, 2.24) is 20.6 Å². The number of nitrogen functional groups attached to an aromatic ring is 1. The second-order valence-corrected chi connectivity index (χ2v) is 3.89. The molecule has 1 aromatic heterocycles. The molecule has 18 heavy (non-hydrogen) atoms. The van der Waals surface area contributed by atoms with Crippen LogP contribution in [0.4, 0.5) is 5.82 Å². The quantitative estimate of drug-likeness (QED) is 0.393. The number of aromatic nitrogens is 2. The summed E-state index contributed by atoms with van der Waals surface area (Å²) in [5.74, 6) is 4.85. The van der Waals surface area contributed by atoms with Crippen LogP contribution in [0, 0.1) is 0 Å². The molecule has 2 heterocycles. The summed E-state index contributed by atoms with van der Waals surface area (Å²) in [6, 6.07) is -0.512. The Kier molecular flexibility index (Phi) is 3.68. The lowest BCUT2D eigenvalue weighted by atomic mass is 10.1. The van der Waals surface area contributed by atoms with Crippen LogP contribution >= 0.6 is 0 Å². The summed E-state index contributed by atoms with van der Waals surface area (Å²) in [7, 11) is 0. The molecule has 0 spiro atoms. The minimum Gasteiger partial charge on any atom is -0.354 e. The Morgan fingerprint density at radius 2 is 2.33 bits per heavy atom. The van der Waals surface area contributed by atoms with Gasteiger partial charge in [-0.05, 0) is 12.8 Å². The molecule has 1 fully saturated rings. The van der Waals surface area contributed by atoms with Crippen LogP contribution in [0.5, 0.6) is 0 Å². The van der Waals surface area contributed by atoms with Crippen LogP contribution in [0.15, 0.2) is 12.4 Å². The Morgan fingerprint density at radius 1 is 1.50 bits per heavy atom. The van der Waals surface area contributed by atoms with Gasteiger partial charge in [-0.3, -0.25) is 14.6 Å². The highest BCUT2D eigenvalue weighted by Gasteiger charge is 2.24. The lowest BCUT2D eigenvalue weighted by Crippen LogP contribution is -2.50. The Morgan fingerprint density at radius 3 is 3.06 bits per heavy atom. The topological polar surface area (TPSA) is 122 Å². The van der Waals surface area contributed by atoms with Crippen LogP contribution in [-0.4, -0.2) is 34.4 Å². The predicted octanol–water partition coefficient (Wildman–Crippen LogP) is -1.23. The molecule has 2 rings (SSSR count). The number of piperidine rings is 1. The highest BCUT2D eigenvalue weighted by molar-refractivity contribution is 5.96. The average molecular weight is 250 g/mol. The molecule has 1 unspecified atom stereocenters. The third-order valence-corrected chi connectivity index (χ3v) is 2.61. The van der Waals surface area contributed by atoms with Crippen molar-refractivity contribution >= 4 is 17.6 Å². The number of nitrogens with two attached hydrogens (primary N) is 1. The molecule has 8 heteroatoms. The number of carbonyl (C=O) groups excluding carboxylic acids is 2. The van der Waals surface area contributed by atoms with E-state index < -0.39 is 11.9 Å². The molecule has 1 atom stereocenters. The van der Waals surface area contributed by atoms with Crippen molar-refractivity contribution in [2.45, 2.75) is 18.9 Å². The standard InChI is InChI=1S/C10H14N6O2/c11-16-8-5-12-4-7(14-8)10(18)15-6-2-1-3-13-9(6)17/h4-6H,1-3,11H2,(H,13,17)(H,14,16)(H,15,18). The highest BCUT2D eigenvalue weighted by atomic mass is 16.2. The average Bonchev–Trinajstić information content (AvgIpc) is 2.41. The maximum atomic E-state index is 11.9. The predicted molar refractivity (Wildman–Crippen MR) is 63.3 cm³/mol. The molecule has 2 amide bonds. The van der Waals surface area contributed by atoms with Crippen molar-refractivity contribution in [2.24, 2.45) is 5.84 Å². The van der Waals surface area contributed by atoms with Crippen molar-refractivity contribution in [3.63, 3.8) is 0 Å². The lowest BCUT2D eigenvalue weighted by Gasteiger charge is -2.22. The molecule has 1 aromatic rings. The largest absolute Gasteiger partial charge is 0.354 e. The van der Waals surface area contributed by atoms with E-state index in [1.54, 1.807) is 0 Å². The smallest absolute Gasteiger partial charge is 0.272 e. The fourth-order valence-corrected chi connectivity index (χ4v) is 1.69. The Bertz CT molecular complexity index is 463. The number of carbonyl (C=O) groups is 2. The van der Waals surface area contributed by atoms with Crippen molar-refractivity contribution < 1.29 is 9.59 Å². The summed E-state index contributed by atoms with van der Waals surface area (Å²) < 4.78 is 0. The van der Waals surface area contributed by atoms with Gasteiger partial charge in [0.2, 0.25) is 5.91 Å². The molecule has 1 saturated heterocycles. The van der Waals surface area contributed by atoms with Gasteiger partial charge in [0.25, 0.3) is 5.91 Å². The first-order chi connectivity index (χ1) is 8.70. The normalized spacial score (nSPS) is 18.9. The molecule has 5 N–H and O–H groups in total. The number of anilines is 1. The summed E-state index contributed by atoms with van der Waals surface area (Å²) in [6.45, 7) is 0.650. The zero-order chi connectivity index (χ0) is 13.0. The van der Waals surface area contributed by atoms with E-state index >= 15 is 0 Å². The van der Waals surface area contributed by atoms with E-state index in [0.717, 1.165) is 6.42 Å². The minimum atomic E-state index is -0.512. The van der Waals surface area contributed by atoms with Crippen LogP contribution in [0.3, 0.4) is 0 Å². The Balaban J connectivity index is 2.04.